The first-order valence-corrected chi connectivity index (χ1v) is 24.6. The van der Waals surface area contributed by atoms with Crippen LogP contribution in [0.25, 0.3) is 0 Å². The van der Waals surface area contributed by atoms with Gasteiger partial charge in [-0.1, -0.05) is 12.1 Å². The Bertz CT molecular complexity index is 3130. The zero-order chi connectivity index (χ0) is 59.8. The van der Waals surface area contributed by atoms with Crippen LogP contribution in [0.3, 0.4) is 0 Å². The Morgan fingerprint density at radius 2 is 0.875 bits per heavy atom. The lowest BCUT2D eigenvalue weighted by atomic mass is 9.94. The van der Waals surface area contributed by atoms with E-state index >= 15 is 0 Å². The van der Waals surface area contributed by atoms with E-state index in [4.69, 9.17) is 21.1 Å². The van der Waals surface area contributed by atoms with Crippen molar-refractivity contribution in [3.05, 3.63) is 161 Å². The molecular formula is C48H34Br4Cl2F14N6O6. The maximum Gasteiger partial charge on any atom is 0.435 e. The van der Waals surface area contributed by atoms with Gasteiger partial charge in [-0.3, -0.25) is 29.1 Å². The number of halogens is 20. The zero-order valence-corrected chi connectivity index (χ0v) is 48.2. The first kappa shape index (κ1) is 68.5. The van der Waals surface area contributed by atoms with Gasteiger partial charge in [0.2, 0.25) is 0 Å². The van der Waals surface area contributed by atoms with E-state index in [9.17, 15) is 80.6 Å². The number of nitrogens with one attached hydrogen (secondary N) is 3. The highest BCUT2D eigenvalue weighted by molar-refractivity contribution is 9.11. The maximum atomic E-state index is 14.5. The maximum absolute atomic E-state index is 14.5. The van der Waals surface area contributed by atoms with Crippen LogP contribution in [0.2, 0.25) is 0 Å². The fourth-order valence-electron chi connectivity index (χ4n) is 6.72. The van der Waals surface area contributed by atoms with Crippen molar-refractivity contribution in [3.63, 3.8) is 0 Å². The summed E-state index contributed by atoms with van der Waals surface area (Å²) in [5.74, 6) is -2.03. The van der Waals surface area contributed by atoms with Crippen LogP contribution >= 0.6 is 87.7 Å². The van der Waals surface area contributed by atoms with Crippen molar-refractivity contribution in [2.24, 2.45) is 0 Å². The highest BCUT2D eigenvalue weighted by Gasteiger charge is 2.74. The van der Waals surface area contributed by atoms with Gasteiger partial charge in [0.25, 0.3) is 23.0 Å². The van der Waals surface area contributed by atoms with Crippen LogP contribution in [-0.4, -0.2) is 86.0 Å². The molecule has 12 nitrogen and oxygen atoms in total. The second kappa shape index (κ2) is 27.3. The Kier molecular flexibility index (Phi) is 23.4. The fraction of sp³-hybridized carbons (Fsp3) is 0.208. The number of alkyl halides is 14. The normalized spacial score (nSPS) is 11.8. The van der Waals surface area contributed by atoms with Gasteiger partial charge in [-0.15, -0.1) is 12.4 Å². The third kappa shape index (κ3) is 15.0. The Hall–Kier alpha value is -5.82. The molecule has 0 aliphatic rings. The van der Waals surface area contributed by atoms with Gasteiger partial charge < -0.3 is 30.3 Å². The first-order chi connectivity index (χ1) is 36.5. The summed E-state index contributed by atoms with van der Waals surface area (Å²) in [6, 6.07) is 16.0. The minimum absolute atomic E-state index is 0. The van der Waals surface area contributed by atoms with E-state index in [-0.39, 0.29) is 64.2 Å². The van der Waals surface area contributed by atoms with Crippen molar-refractivity contribution >= 4 is 133 Å². The summed E-state index contributed by atoms with van der Waals surface area (Å²) in [7, 11) is 5.55. The van der Waals surface area contributed by atoms with Crippen LogP contribution in [0.4, 0.5) is 84.2 Å². The van der Waals surface area contributed by atoms with Crippen LogP contribution in [-0.2, 0) is 11.3 Å². The molecule has 6 aromatic rings. The highest BCUT2D eigenvalue weighted by atomic mass is 79.9. The average Bonchev–Trinajstić information content (AvgIpc) is 3.38. The van der Waals surface area contributed by atoms with Gasteiger partial charge in [-0.2, -0.15) is 52.7 Å². The monoisotopic (exact) mass is 1440 g/mol. The number of hydrogen-bond acceptors (Lipinski definition) is 9. The fourth-order valence-corrected chi connectivity index (χ4v) is 9.61. The number of benzene rings is 4. The summed E-state index contributed by atoms with van der Waals surface area (Å²) in [6.45, 7) is 0. The van der Waals surface area contributed by atoms with E-state index in [1.807, 2.05) is 0 Å². The van der Waals surface area contributed by atoms with Gasteiger partial charge in [-0.25, -0.2) is 8.78 Å². The number of anilines is 4. The molecule has 0 spiro atoms. The van der Waals surface area contributed by atoms with E-state index in [0.29, 0.717) is 28.9 Å². The van der Waals surface area contributed by atoms with E-state index < -0.39 is 88.0 Å². The van der Waals surface area contributed by atoms with Crippen LogP contribution in [0.1, 0.15) is 52.6 Å². The second-order valence-electron chi connectivity index (χ2n) is 15.4. The molecule has 0 atom stereocenters. The van der Waals surface area contributed by atoms with E-state index in [1.165, 1.54) is 93.4 Å². The summed E-state index contributed by atoms with van der Waals surface area (Å²) in [4.78, 5) is 57.8. The molecular weight excluding hydrogens is 1410 g/mol. The number of pyridine rings is 2. The van der Waals surface area contributed by atoms with Gasteiger partial charge in [0, 0.05) is 79.0 Å². The molecule has 2 aromatic heterocycles. The molecule has 0 unspecified atom stereocenters. The standard InChI is InChI=1S/C24H16Br2F7N3O3.C18H13Br2F7N2O2.C6H4ClNO.ClH/c1-36(21(38)12-6-8-34-9-7-12)17-5-3-4-14(19(17)39-2)20(37)35-18-15(25)10-13(11-16(18)26)22(27,23(28,29)30)24(31,32)33;1-28-12-5-3-4-9(14(12)31-2)15(30)29-13-10(19)6-8(7-11(13)20)16(21,17(22,23)24)18(25,26)27;7-6(9)5-1-3-8-4-2-5;/h3-11H,1-2H3,(H,35,37);3-7,28H,1-2H3,(H,29,30);1-4H;1H. The SMILES string of the molecule is CNc1cccc(C(=O)Nc2c(Br)cc(C(F)(C(F)(F)F)C(F)(F)F)cc2Br)c1OC.COc1c(C(=O)Nc2c(Br)cc(C(F)(C(F)(F)F)C(F)(F)F)cc2Br)cccc1N(C)C(=O)c1ccncc1.Cl.O=C(Cl)c1ccncc1. The number of carbonyl (C=O) groups is 4. The average molecular weight is 1450 g/mol. The lowest BCUT2D eigenvalue weighted by molar-refractivity contribution is -0.349. The summed E-state index contributed by atoms with van der Waals surface area (Å²) >= 11 is 16.4. The Labute approximate surface area is 488 Å². The first-order valence-electron chi connectivity index (χ1n) is 21.1. The Balaban J connectivity index is 0.000000365. The molecule has 4 aromatic carbocycles. The predicted molar refractivity (Wildman–Crippen MR) is 284 cm³/mol. The van der Waals surface area contributed by atoms with Crippen molar-refractivity contribution in [2.75, 3.05) is 49.2 Å². The summed E-state index contributed by atoms with van der Waals surface area (Å²) in [5, 5.41) is 7.05. The number of amides is 3. The third-order valence-electron chi connectivity index (χ3n) is 10.6. The number of rotatable bonds is 12. The molecule has 0 fully saturated rings. The number of para-hydroxylation sites is 2. The van der Waals surface area contributed by atoms with Crippen LogP contribution in [0.15, 0.2) is 128 Å². The van der Waals surface area contributed by atoms with Crippen LogP contribution < -0.4 is 30.3 Å². The van der Waals surface area contributed by atoms with Gasteiger partial charge in [0.1, 0.15) is 0 Å². The van der Waals surface area contributed by atoms with Gasteiger partial charge in [0.05, 0.1) is 48.1 Å². The molecule has 6 rings (SSSR count). The number of methoxy groups -OCH3 is 2. The van der Waals surface area contributed by atoms with E-state index in [1.54, 1.807) is 25.2 Å². The molecule has 0 saturated heterocycles. The molecule has 3 amide bonds. The molecule has 432 valence electrons. The smallest absolute Gasteiger partial charge is 0.435 e. The molecule has 32 heteroatoms. The van der Waals surface area contributed by atoms with Crippen molar-refractivity contribution in [1.82, 2.24) is 9.97 Å². The number of ether oxygens (including phenoxy) is 2. The molecule has 0 bridgehead atoms. The van der Waals surface area contributed by atoms with E-state index in [2.05, 4.69) is 89.6 Å². The Morgan fingerprint density at radius 1 is 0.537 bits per heavy atom. The predicted octanol–water partition coefficient (Wildman–Crippen LogP) is 16.1. The van der Waals surface area contributed by atoms with Crippen LogP contribution in [0, 0.1) is 0 Å². The molecule has 0 aliphatic carbocycles. The number of aromatic nitrogens is 2. The Morgan fingerprint density at radius 3 is 1.19 bits per heavy atom. The van der Waals surface area contributed by atoms with E-state index in [0.717, 1.165) is 0 Å². The van der Waals surface area contributed by atoms with Crippen molar-refractivity contribution < 1.29 is 90.1 Å². The van der Waals surface area contributed by atoms with Crippen molar-refractivity contribution in [1.29, 1.82) is 0 Å². The second-order valence-corrected chi connectivity index (χ2v) is 19.2. The van der Waals surface area contributed by atoms with Gasteiger partial charge in [-0.05, 0) is 148 Å². The minimum Gasteiger partial charge on any atom is -0.494 e. The lowest BCUT2D eigenvalue weighted by Gasteiger charge is -2.31. The number of hydrogen-bond donors (Lipinski definition) is 3. The molecule has 3 N–H and O–H groups in total. The van der Waals surface area contributed by atoms with Crippen LogP contribution in [0.5, 0.6) is 11.5 Å². The number of carbonyl (C=O) groups excluding carboxylic acids is 4. The molecule has 0 saturated carbocycles. The minimum atomic E-state index is -6.32. The third-order valence-corrected chi connectivity index (χ3v) is 13.3. The lowest BCUT2D eigenvalue weighted by Crippen LogP contribution is -2.50. The molecule has 0 aliphatic heterocycles. The molecule has 80 heavy (non-hydrogen) atoms. The molecule has 2 heterocycles. The van der Waals surface area contributed by atoms with Crippen molar-refractivity contribution in [3.8, 4) is 11.5 Å². The quantitative estimate of drug-likeness (QED) is 0.0803. The zero-order valence-electron chi connectivity index (χ0n) is 40.3. The summed E-state index contributed by atoms with van der Waals surface area (Å²) in [6.07, 6.45) is -19.3. The van der Waals surface area contributed by atoms with Gasteiger partial charge in [0.15, 0.2) is 11.5 Å². The largest absolute Gasteiger partial charge is 0.494 e. The topological polar surface area (TPSA) is 152 Å². The highest BCUT2D eigenvalue weighted by Crippen LogP contribution is 2.56. The van der Waals surface area contributed by atoms with Gasteiger partial charge >= 0.3 is 36.0 Å². The van der Waals surface area contributed by atoms with Crippen molar-refractivity contribution in [2.45, 2.75) is 36.0 Å². The summed E-state index contributed by atoms with van der Waals surface area (Å²) < 4.78 is 195. The summed E-state index contributed by atoms with van der Waals surface area (Å²) in [5.41, 5.74) is -13.9. The number of nitrogens with zero attached hydrogens (tertiary/aromatic N) is 3. The molecule has 0 radical (unpaired) electrons.